The molecular weight excluding hydrogens is 337 g/mol. The smallest absolute Gasteiger partial charge is 0.182 e. The van der Waals surface area contributed by atoms with Gasteiger partial charge in [0.1, 0.15) is 5.82 Å². The van der Waals surface area contributed by atoms with Crippen molar-refractivity contribution in [3.05, 3.63) is 58.3 Å². The molecule has 0 atom stereocenters. The second-order valence-corrected chi connectivity index (χ2v) is 5.44. The van der Waals surface area contributed by atoms with E-state index in [1.54, 1.807) is 10.7 Å². The van der Waals surface area contributed by atoms with Gasteiger partial charge in [0, 0.05) is 10.0 Å². The number of anilines is 1. The molecule has 0 aliphatic carbocycles. The van der Waals surface area contributed by atoms with Crippen molar-refractivity contribution in [2.75, 3.05) is 5.73 Å². The Labute approximate surface area is 128 Å². The fourth-order valence-corrected chi connectivity index (χ4v) is 2.21. The number of nitrogens with two attached hydrogens (primary N) is 1. The summed E-state index contributed by atoms with van der Waals surface area (Å²) in [6.07, 6.45) is 0. The molecule has 0 aliphatic rings. The molecule has 0 aliphatic heterocycles. The Morgan fingerprint density at radius 2 is 1.90 bits per heavy atom. The van der Waals surface area contributed by atoms with Gasteiger partial charge < -0.3 is 5.73 Å². The first-order chi connectivity index (χ1) is 10.1. The fourth-order valence-electron chi connectivity index (χ4n) is 1.95. The number of tetrazole rings is 1. The Balaban J connectivity index is 1.93. The second kappa shape index (κ2) is 5.61. The van der Waals surface area contributed by atoms with Crippen LogP contribution in [0.2, 0.25) is 0 Å². The molecule has 0 saturated carbocycles. The van der Waals surface area contributed by atoms with Gasteiger partial charge in [0.2, 0.25) is 0 Å². The number of hydrogen-bond donors (Lipinski definition) is 1. The normalized spacial score (nSPS) is 10.8. The van der Waals surface area contributed by atoms with E-state index in [1.165, 1.54) is 12.1 Å². The Morgan fingerprint density at radius 1 is 1.14 bits per heavy atom. The largest absolute Gasteiger partial charge is 0.396 e. The topological polar surface area (TPSA) is 69.6 Å². The summed E-state index contributed by atoms with van der Waals surface area (Å²) < 4.78 is 16.2. The highest BCUT2D eigenvalue weighted by atomic mass is 79.9. The molecule has 0 saturated heterocycles. The number of rotatable bonds is 3. The van der Waals surface area contributed by atoms with Crippen LogP contribution in [0.25, 0.3) is 11.4 Å². The van der Waals surface area contributed by atoms with Gasteiger partial charge in [-0.1, -0.05) is 28.1 Å². The van der Waals surface area contributed by atoms with Gasteiger partial charge in [-0.3, -0.25) is 0 Å². The number of aromatic nitrogens is 4. The summed E-state index contributed by atoms with van der Waals surface area (Å²) >= 11 is 3.39. The zero-order chi connectivity index (χ0) is 14.8. The number of nitrogens with zero attached hydrogens (tertiary/aromatic N) is 4. The summed E-state index contributed by atoms with van der Waals surface area (Å²) in [5, 5.41) is 11.6. The first-order valence-corrected chi connectivity index (χ1v) is 6.99. The van der Waals surface area contributed by atoms with Gasteiger partial charge in [0.25, 0.3) is 0 Å². The number of halogens is 2. The lowest BCUT2D eigenvalue weighted by molar-refractivity contribution is 0.631. The minimum Gasteiger partial charge on any atom is -0.396 e. The van der Waals surface area contributed by atoms with E-state index in [9.17, 15) is 4.39 Å². The Kier molecular flexibility index (Phi) is 3.66. The number of nitrogen functional groups attached to an aromatic ring is 1. The van der Waals surface area contributed by atoms with E-state index in [1.807, 2.05) is 24.3 Å². The molecule has 0 fully saturated rings. The van der Waals surface area contributed by atoms with Gasteiger partial charge in [-0.25, -0.2) is 9.07 Å². The van der Waals surface area contributed by atoms with E-state index in [0.29, 0.717) is 17.9 Å². The molecule has 0 spiro atoms. The molecule has 1 heterocycles. The summed E-state index contributed by atoms with van der Waals surface area (Å²) in [6.45, 7) is 0.502. The van der Waals surface area contributed by atoms with Crippen molar-refractivity contribution < 1.29 is 4.39 Å². The molecule has 106 valence electrons. The number of benzene rings is 2. The zero-order valence-corrected chi connectivity index (χ0v) is 12.5. The molecule has 3 aromatic rings. The van der Waals surface area contributed by atoms with Crippen LogP contribution >= 0.6 is 15.9 Å². The predicted molar refractivity (Wildman–Crippen MR) is 80.9 cm³/mol. The summed E-state index contributed by atoms with van der Waals surface area (Å²) in [6, 6.07) is 12.4. The minimum atomic E-state index is -0.481. The first-order valence-electron chi connectivity index (χ1n) is 6.19. The molecule has 2 N–H and O–H groups in total. The summed E-state index contributed by atoms with van der Waals surface area (Å²) in [4.78, 5) is 0. The molecule has 5 nitrogen and oxygen atoms in total. The predicted octanol–water partition coefficient (Wildman–Crippen LogP) is 2.87. The van der Waals surface area contributed by atoms with Gasteiger partial charge in [-0.15, -0.1) is 5.10 Å². The second-order valence-electron chi connectivity index (χ2n) is 4.52. The molecule has 0 radical (unpaired) electrons. The molecule has 7 heteroatoms. The molecule has 0 bridgehead atoms. The molecular formula is C14H11BrFN5. The van der Waals surface area contributed by atoms with E-state index in [-0.39, 0.29) is 5.69 Å². The van der Waals surface area contributed by atoms with E-state index in [4.69, 9.17) is 5.73 Å². The first kappa shape index (κ1) is 13.7. The van der Waals surface area contributed by atoms with Crippen LogP contribution in [0, 0.1) is 5.82 Å². The summed E-state index contributed by atoms with van der Waals surface area (Å²) in [5.41, 5.74) is 7.21. The molecule has 0 unspecified atom stereocenters. The van der Waals surface area contributed by atoms with Crippen molar-refractivity contribution >= 4 is 21.6 Å². The summed E-state index contributed by atoms with van der Waals surface area (Å²) in [7, 11) is 0. The Morgan fingerprint density at radius 3 is 2.62 bits per heavy atom. The molecule has 3 rings (SSSR count). The maximum Gasteiger partial charge on any atom is 0.182 e. The van der Waals surface area contributed by atoms with Crippen molar-refractivity contribution in [3.8, 4) is 11.4 Å². The molecule has 0 amide bonds. The van der Waals surface area contributed by atoms with E-state index < -0.39 is 5.82 Å². The van der Waals surface area contributed by atoms with Crippen molar-refractivity contribution in [1.82, 2.24) is 20.2 Å². The fraction of sp³-hybridized carbons (Fsp3) is 0.0714. The average Bonchev–Trinajstić information content (AvgIpc) is 2.92. The molecule has 1 aromatic heterocycles. The zero-order valence-electron chi connectivity index (χ0n) is 10.9. The molecule has 2 aromatic carbocycles. The highest BCUT2D eigenvalue weighted by molar-refractivity contribution is 9.10. The lowest BCUT2D eigenvalue weighted by Gasteiger charge is -2.06. The maximum absolute atomic E-state index is 13.6. The third-order valence-corrected chi connectivity index (χ3v) is 3.56. The highest BCUT2D eigenvalue weighted by Gasteiger charge is 2.11. The van der Waals surface area contributed by atoms with Crippen LogP contribution in [0.4, 0.5) is 10.1 Å². The SMILES string of the molecule is Nc1ccc(-c2nnnn2Cc2ccc(Br)cc2)cc1F. The van der Waals surface area contributed by atoms with Crippen molar-refractivity contribution in [2.45, 2.75) is 6.54 Å². The van der Waals surface area contributed by atoms with Crippen LogP contribution in [0.3, 0.4) is 0 Å². The quantitative estimate of drug-likeness (QED) is 0.739. The maximum atomic E-state index is 13.6. The monoisotopic (exact) mass is 347 g/mol. The van der Waals surface area contributed by atoms with Crippen molar-refractivity contribution in [1.29, 1.82) is 0 Å². The van der Waals surface area contributed by atoms with Crippen LogP contribution in [0.1, 0.15) is 5.56 Å². The van der Waals surface area contributed by atoms with Crippen LogP contribution in [-0.2, 0) is 6.54 Å². The van der Waals surface area contributed by atoms with Gasteiger partial charge in [-0.05, 0) is 46.3 Å². The van der Waals surface area contributed by atoms with Crippen molar-refractivity contribution in [2.24, 2.45) is 0 Å². The standard InChI is InChI=1S/C14H11BrFN5/c15-11-4-1-9(2-5-11)8-21-14(18-19-20-21)10-3-6-13(17)12(16)7-10/h1-7H,8,17H2. The van der Waals surface area contributed by atoms with Crippen molar-refractivity contribution in [3.63, 3.8) is 0 Å². The van der Waals surface area contributed by atoms with Gasteiger partial charge in [-0.2, -0.15) is 0 Å². The van der Waals surface area contributed by atoms with E-state index in [0.717, 1.165) is 10.0 Å². The van der Waals surface area contributed by atoms with Crippen LogP contribution < -0.4 is 5.73 Å². The minimum absolute atomic E-state index is 0.102. The van der Waals surface area contributed by atoms with E-state index >= 15 is 0 Å². The lowest BCUT2D eigenvalue weighted by atomic mass is 10.2. The Hall–Kier alpha value is -2.28. The van der Waals surface area contributed by atoms with Gasteiger partial charge >= 0.3 is 0 Å². The number of hydrogen-bond acceptors (Lipinski definition) is 4. The van der Waals surface area contributed by atoms with Gasteiger partial charge in [0.05, 0.1) is 12.2 Å². The van der Waals surface area contributed by atoms with Crippen LogP contribution in [0.5, 0.6) is 0 Å². The lowest BCUT2D eigenvalue weighted by Crippen LogP contribution is -2.04. The Bertz CT molecular complexity index is 769. The highest BCUT2D eigenvalue weighted by Crippen LogP contribution is 2.21. The molecule has 21 heavy (non-hydrogen) atoms. The van der Waals surface area contributed by atoms with Crippen LogP contribution in [-0.4, -0.2) is 20.2 Å². The average molecular weight is 348 g/mol. The van der Waals surface area contributed by atoms with Crippen LogP contribution in [0.15, 0.2) is 46.9 Å². The summed E-state index contributed by atoms with van der Waals surface area (Å²) in [5.74, 6) is 0.0162. The van der Waals surface area contributed by atoms with Gasteiger partial charge in [0.15, 0.2) is 5.82 Å². The third kappa shape index (κ3) is 2.92. The van der Waals surface area contributed by atoms with E-state index in [2.05, 4.69) is 31.5 Å². The third-order valence-electron chi connectivity index (χ3n) is 3.04.